The van der Waals surface area contributed by atoms with Gasteiger partial charge in [0, 0.05) is 12.7 Å². The average molecular weight is 677 g/mol. The first kappa shape index (κ1) is 23.9. The average Bonchev–Trinajstić information content (AvgIpc) is 3.59. The zero-order valence-corrected chi connectivity index (χ0v) is 28.5. The lowest BCUT2D eigenvalue weighted by Gasteiger charge is -2.36. The number of anilines is 2. The fraction of sp³-hybridized carbons (Fsp3) is 0.0588. The van der Waals surface area contributed by atoms with Gasteiger partial charge in [-0.2, -0.15) is 0 Å². The Hall–Kier alpha value is -6.44. The molecule has 52 heavy (non-hydrogen) atoms. The highest BCUT2D eigenvalue weighted by Gasteiger charge is 2.46. The lowest BCUT2D eigenvalue weighted by Crippen LogP contribution is -2.31. The van der Waals surface area contributed by atoms with Gasteiger partial charge in [-0.1, -0.05) is 189 Å². The Morgan fingerprint density at radius 2 is 1.27 bits per heavy atom. The minimum atomic E-state index is -1.58. The van der Waals surface area contributed by atoms with Gasteiger partial charge >= 0.3 is 0 Å². The summed E-state index contributed by atoms with van der Waals surface area (Å²) in [4.78, 5) is 1.42. The van der Waals surface area contributed by atoms with Crippen LogP contribution in [0, 0.1) is 0 Å². The van der Waals surface area contributed by atoms with E-state index in [0.717, 1.165) is 44.5 Å². The molecule has 1 heteroatoms. The van der Waals surface area contributed by atoms with Gasteiger partial charge in [-0.25, -0.2) is 0 Å². The standard InChI is InChI=1S/C51H41N/c1-3-5-18-38-28-29-41(36-40(38)19-6-4-2)39-30-32-45(33-31-39)52(44-24-14-9-15-25-44)46-34-35-48-47-26-16-17-27-49(47)51(50(48)37-46,42-20-10-7-11-21-42)43-22-12-8-13-23-43/h3-24,26-37,44H,1-2,25H2/b18-5-,19-6-/i9D,14D,15D,24D,25D,30D,31D,32D,33D. The summed E-state index contributed by atoms with van der Waals surface area (Å²) in [5.41, 5.74) is 7.17. The SMILES string of the molecule is [2H]C1=C([2H])C([2H])C(N(c2ccc3c(c2)C(c2ccccc2)(c2ccccc2)c2ccccc2-3)c2c([2H])c([2H])c(-c3ccc(/C=C\C=C)c(/C=C\C=C)c3)c([2H])c2[2H])C([2H])=C1[2H]. The van der Waals surface area contributed by atoms with Crippen LogP contribution < -0.4 is 4.90 Å². The summed E-state index contributed by atoms with van der Waals surface area (Å²) < 4.78 is 82.7. The molecule has 2 atom stereocenters. The van der Waals surface area contributed by atoms with E-state index in [4.69, 9.17) is 4.11 Å². The minimum absolute atomic E-state index is 0.0613. The van der Waals surface area contributed by atoms with E-state index in [1.165, 1.54) is 4.90 Å². The number of allylic oxidation sites excluding steroid dienone is 6. The van der Waals surface area contributed by atoms with E-state index in [2.05, 4.69) is 49.6 Å². The van der Waals surface area contributed by atoms with Crippen LogP contribution in [0.25, 0.3) is 34.4 Å². The molecule has 6 aromatic rings. The third-order valence-electron chi connectivity index (χ3n) is 9.65. The van der Waals surface area contributed by atoms with E-state index >= 15 is 0 Å². The Morgan fingerprint density at radius 3 is 1.98 bits per heavy atom. The van der Waals surface area contributed by atoms with E-state index in [1.54, 1.807) is 42.5 Å². The van der Waals surface area contributed by atoms with Crippen LogP contribution in [-0.4, -0.2) is 6.04 Å². The van der Waals surface area contributed by atoms with Crippen molar-refractivity contribution in [2.75, 3.05) is 4.90 Å². The summed E-state index contributed by atoms with van der Waals surface area (Å²) in [5, 5.41) is 0. The van der Waals surface area contributed by atoms with Crippen LogP contribution >= 0.6 is 0 Å². The predicted octanol–water partition coefficient (Wildman–Crippen LogP) is 13.1. The van der Waals surface area contributed by atoms with Gasteiger partial charge < -0.3 is 4.90 Å². The van der Waals surface area contributed by atoms with E-state index < -0.39 is 54.1 Å². The Labute approximate surface area is 320 Å². The summed E-state index contributed by atoms with van der Waals surface area (Å²) >= 11 is 0. The zero-order chi connectivity index (χ0) is 43.2. The van der Waals surface area contributed by atoms with Crippen molar-refractivity contribution in [3.8, 4) is 22.3 Å². The van der Waals surface area contributed by atoms with E-state index in [0.29, 0.717) is 11.3 Å². The molecule has 0 fully saturated rings. The summed E-state index contributed by atoms with van der Waals surface area (Å²) in [7, 11) is 0. The minimum Gasteiger partial charge on any atom is -0.334 e. The molecule has 0 amide bonds. The number of fused-ring (bicyclic) bond motifs is 3. The molecule has 0 radical (unpaired) electrons. The lowest BCUT2D eigenvalue weighted by molar-refractivity contribution is 0.760. The Kier molecular flexibility index (Phi) is 6.62. The van der Waals surface area contributed by atoms with Crippen LogP contribution in [0.4, 0.5) is 11.4 Å². The first-order valence-electron chi connectivity index (χ1n) is 21.8. The van der Waals surface area contributed by atoms with Crippen LogP contribution in [0.5, 0.6) is 0 Å². The molecular formula is C51H41N. The zero-order valence-electron chi connectivity index (χ0n) is 37.5. The first-order chi connectivity index (χ1) is 29.5. The quantitative estimate of drug-likeness (QED) is 0.130. The summed E-state index contributed by atoms with van der Waals surface area (Å²) in [6.07, 6.45) is 8.99. The highest BCUT2D eigenvalue weighted by Crippen LogP contribution is 2.57. The molecule has 2 unspecified atom stereocenters. The van der Waals surface area contributed by atoms with Gasteiger partial charge in [-0.3, -0.25) is 0 Å². The molecule has 6 aromatic carbocycles. The van der Waals surface area contributed by atoms with E-state index in [-0.39, 0.29) is 23.3 Å². The van der Waals surface area contributed by atoms with Crippen LogP contribution in [0.2, 0.25) is 0 Å². The molecule has 2 aliphatic rings. The van der Waals surface area contributed by atoms with Gasteiger partial charge in [0.15, 0.2) is 0 Å². The van der Waals surface area contributed by atoms with Crippen molar-refractivity contribution in [1.82, 2.24) is 0 Å². The normalized spacial score (nSPS) is 20.0. The second kappa shape index (κ2) is 14.4. The second-order valence-corrected chi connectivity index (χ2v) is 12.5. The summed E-state index contributed by atoms with van der Waals surface area (Å²) in [6.45, 7) is 7.54. The number of hydrogen-bond donors (Lipinski definition) is 0. The molecular weight excluding hydrogens is 627 g/mol. The maximum atomic E-state index is 9.63. The fourth-order valence-corrected chi connectivity index (χ4v) is 7.40. The summed E-state index contributed by atoms with van der Waals surface area (Å²) in [6, 6.07) is 34.4. The van der Waals surface area contributed by atoms with Gasteiger partial charge in [0.1, 0.15) is 0 Å². The van der Waals surface area contributed by atoms with Crippen molar-refractivity contribution in [2.24, 2.45) is 0 Å². The molecule has 0 bridgehead atoms. The molecule has 2 aliphatic carbocycles. The van der Waals surface area contributed by atoms with Crippen molar-refractivity contribution >= 4 is 23.5 Å². The van der Waals surface area contributed by atoms with E-state index in [9.17, 15) is 8.22 Å². The number of benzene rings is 6. The lowest BCUT2D eigenvalue weighted by atomic mass is 9.67. The Bertz CT molecular complexity index is 2790. The predicted molar refractivity (Wildman–Crippen MR) is 223 cm³/mol. The molecule has 0 spiro atoms. The van der Waals surface area contributed by atoms with Crippen LogP contribution in [0.1, 0.15) is 52.1 Å². The first-order valence-corrected chi connectivity index (χ1v) is 17.2. The molecule has 0 saturated carbocycles. The maximum Gasteiger partial charge on any atom is 0.0714 e. The van der Waals surface area contributed by atoms with Gasteiger partial charge in [0.2, 0.25) is 0 Å². The molecule has 0 aliphatic heterocycles. The Balaban J connectivity index is 1.42. The maximum absolute atomic E-state index is 9.63. The highest BCUT2D eigenvalue weighted by atomic mass is 15.2. The van der Waals surface area contributed by atoms with Gasteiger partial charge in [0.25, 0.3) is 0 Å². The topological polar surface area (TPSA) is 3.24 Å². The third-order valence-corrected chi connectivity index (χ3v) is 9.65. The highest BCUT2D eigenvalue weighted by molar-refractivity contribution is 5.88. The molecule has 0 N–H and O–H groups in total. The largest absolute Gasteiger partial charge is 0.334 e. The molecule has 0 aromatic heterocycles. The summed E-state index contributed by atoms with van der Waals surface area (Å²) in [5.74, 6) is 0. The number of hydrogen-bond acceptors (Lipinski definition) is 1. The van der Waals surface area contributed by atoms with Crippen molar-refractivity contribution in [1.29, 1.82) is 0 Å². The molecule has 0 heterocycles. The van der Waals surface area contributed by atoms with Crippen LogP contribution in [0.15, 0.2) is 207 Å². The smallest absolute Gasteiger partial charge is 0.0714 e. The monoisotopic (exact) mass is 676 g/mol. The number of rotatable bonds is 10. The molecule has 250 valence electrons. The van der Waals surface area contributed by atoms with Crippen LogP contribution in [0.3, 0.4) is 0 Å². The van der Waals surface area contributed by atoms with Gasteiger partial charge in [0.05, 0.1) is 22.4 Å². The second-order valence-electron chi connectivity index (χ2n) is 12.5. The molecule has 1 nitrogen and oxygen atoms in total. The van der Waals surface area contributed by atoms with Crippen molar-refractivity contribution in [2.45, 2.75) is 17.9 Å². The number of nitrogens with zero attached hydrogens (tertiary/aromatic N) is 1. The van der Waals surface area contributed by atoms with Crippen molar-refractivity contribution in [3.63, 3.8) is 0 Å². The molecule has 0 saturated heterocycles. The van der Waals surface area contributed by atoms with Gasteiger partial charge in [-0.15, -0.1) is 0 Å². The fourth-order valence-electron chi connectivity index (χ4n) is 7.40. The molecule has 8 rings (SSSR count). The third kappa shape index (κ3) is 5.81. The van der Waals surface area contributed by atoms with E-state index in [1.807, 2.05) is 78.9 Å². The van der Waals surface area contributed by atoms with Crippen molar-refractivity contribution in [3.05, 3.63) is 241 Å². The Morgan fingerprint density at radius 1 is 0.615 bits per heavy atom. The van der Waals surface area contributed by atoms with Gasteiger partial charge in [-0.05, 0) is 92.3 Å². The van der Waals surface area contributed by atoms with Crippen LogP contribution in [-0.2, 0) is 5.41 Å². The van der Waals surface area contributed by atoms with Crippen molar-refractivity contribution < 1.29 is 12.3 Å².